The number of carbonyl (C=O) groups is 2. The molecule has 2 heterocycles. The minimum Gasteiger partial charge on any atom is -0.497 e. The number of aromatic nitrogens is 2. The molecule has 3 rings (SSSR count). The summed E-state index contributed by atoms with van der Waals surface area (Å²) < 4.78 is 13.0. The maximum Gasteiger partial charge on any atom is 0.275 e. The lowest BCUT2D eigenvalue weighted by Gasteiger charge is -2.31. The van der Waals surface area contributed by atoms with Crippen LogP contribution in [0.2, 0.25) is 0 Å². The van der Waals surface area contributed by atoms with Crippen LogP contribution >= 0.6 is 11.7 Å². The van der Waals surface area contributed by atoms with Crippen LogP contribution in [0.3, 0.4) is 0 Å². The molecule has 1 aromatic heterocycles. The Morgan fingerprint density at radius 3 is 2.85 bits per heavy atom. The molecule has 8 heteroatoms. The quantitative estimate of drug-likeness (QED) is 0.840. The van der Waals surface area contributed by atoms with Crippen LogP contribution in [0, 0.1) is 5.92 Å². The predicted octanol–water partition coefficient (Wildman–Crippen LogP) is 2.82. The molecule has 1 saturated heterocycles. The summed E-state index contributed by atoms with van der Waals surface area (Å²) in [5.41, 5.74) is 1.16. The summed E-state index contributed by atoms with van der Waals surface area (Å²) in [6.07, 6.45) is 4.65. The van der Waals surface area contributed by atoms with Gasteiger partial charge in [0.1, 0.15) is 5.75 Å². The fraction of sp³-hybridized carbons (Fsp3) is 0.444. The number of hydrogen-bond donors (Lipinski definition) is 1. The van der Waals surface area contributed by atoms with E-state index in [2.05, 4.69) is 14.1 Å². The predicted molar refractivity (Wildman–Crippen MR) is 99.4 cm³/mol. The van der Waals surface area contributed by atoms with Crippen LogP contribution in [0.25, 0.3) is 0 Å². The van der Waals surface area contributed by atoms with Crippen molar-refractivity contribution in [1.29, 1.82) is 0 Å². The first-order chi connectivity index (χ1) is 12.7. The van der Waals surface area contributed by atoms with Gasteiger partial charge in [-0.1, -0.05) is 6.07 Å². The van der Waals surface area contributed by atoms with Crippen LogP contribution in [-0.2, 0) is 4.79 Å². The number of hydrogen-bond acceptors (Lipinski definition) is 6. The molecule has 1 N–H and O–H groups in total. The van der Waals surface area contributed by atoms with E-state index in [0.29, 0.717) is 31.1 Å². The molecular formula is C18H22N4O3S. The van der Waals surface area contributed by atoms with Gasteiger partial charge in [0.2, 0.25) is 5.91 Å². The van der Waals surface area contributed by atoms with E-state index in [4.69, 9.17) is 4.74 Å². The van der Waals surface area contributed by atoms with Crippen LogP contribution in [0.4, 0.5) is 5.69 Å². The second-order valence-corrected chi connectivity index (χ2v) is 6.90. The number of rotatable bonds is 6. The van der Waals surface area contributed by atoms with Crippen molar-refractivity contribution in [1.82, 2.24) is 13.6 Å². The van der Waals surface area contributed by atoms with Gasteiger partial charge in [-0.15, -0.1) is 0 Å². The van der Waals surface area contributed by atoms with E-state index in [9.17, 15) is 9.59 Å². The minimum atomic E-state index is -0.0482. The highest BCUT2D eigenvalue weighted by Crippen LogP contribution is 2.23. The van der Waals surface area contributed by atoms with Gasteiger partial charge in [-0.3, -0.25) is 9.59 Å². The average Bonchev–Trinajstić information content (AvgIpc) is 3.21. The highest BCUT2D eigenvalue weighted by molar-refractivity contribution is 6.99. The molecule has 1 aromatic carbocycles. The van der Waals surface area contributed by atoms with E-state index in [0.717, 1.165) is 42.4 Å². The number of likely N-dealkylation sites (tertiary alicyclic amines) is 1. The van der Waals surface area contributed by atoms with Gasteiger partial charge in [0, 0.05) is 31.3 Å². The van der Waals surface area contributed by atoms with Crippen LogP contribution in [0.1, 0.15) is 36.2 Å². The van der Waals surface area contributed by atoms with Crippen molar-refractivity contribution >= 4 is 29.2 Å². The number of ether oxygens (including phenoxy) is 1. The molecule has 138 valence electrons. The monoisotopic (exact) mass is 374 g/mol. The fourth-order valence-corrected chi connectivity index (χ4v) is 3.51. The van der Waals surface area contributed by atoms with Crippen molar-refractivity contribution in [3.63, 3.8) is 0 Å². The Morgan fingerprint density at radius 2 is 2.15 bits per heavy atom. The van der Waals surface area contributed by atoms with Crippen molar-refractivity contribution in [2.24, 2.45) is 5.92 Å². The van der Waals surface area contributed by atoms with Gasteiger partial charge in [-0.05, 0) is 37.3 Å². The Hall–Kier alpha value is -2.48. The molecule has 0 unspecified atom stereocenters. The van der Waals surface area contributed by atoms with Gasteiger partial charge < -0.3 is 15.0 Å². The topological polar surface area (TPSA) is 84.4 Å². The third kappa shape index (κ3) is 4.78. The first kappa shape index (κ1) is 18.3. The van der Waals surface area contributed by atoms with E-state index in [1.54, 1.807) is 13.2 Å². The van der Waals surface area contributed by atoms with Crippen LogP contribution in [-0.4, -0.2) is 45.7 Å². The number of amides is 2. The molecule has 2 aromatic rings. The Balaban J connectivity index is 1.40. The highest BCUT2D eigenvalue weighted by Gasteiger charge is 2.25. The molecule has 0 saturated carbocycles. The Labute approximate surface area is 156 Å². The molecule has 1 aliphatic heterocycles. The van der Waals surface area contributed by atoms with E-state index in [1.165, 1.54) is 6.20 Å². The summed E-state index contributed by atoms with van der Waals surface area (Å²) in [4.78, 5) is 26.2. The minimum absolute atomic E-state index is 0.00491. The zero-order chi connectivity index (χ0) is 18.4. The van der Waals surface area contributed by atoms with E-state index >= 15 is 0 Å². The smallest absolute Gasteiger partial charge is 0.275 e. The van der Waals surface area contributed by atoms with Crippen LogP contribution in [0.5, 0.6) is 5.75 Å². The number of methoxy groups -OCH3 is 1. The second-order valence-electron chi connectivity index (χ2n) is 6.35. The molecule has 1 aliphatic rings. The van der Waals surface area contributed by atoms with Gasteiger partial charge >= 0.3 is 0 Å². The molecule has 26 heavy (non-hydrogen) atoms. The SMILES string of the molecule is COc1cccc(NC(=O)CCC2CCN(C(=O)c3cnsn3)CC2)c1. The van der Waals surface area contributed by atoms with Gasteiger partial charge in [0.05, 0.1) is 25.0 Å². The zero-order valence-corrected chi connectivity index (χ0v) is 15.5. The molecule has 1 fully saturated rings. The molecule has 0 spiro atoms. The number of anilines is 1. The van der Waals surface area contributed by atoms with Gasteiger partial charge in [-0.25, -0.2) is 0 Å². The number of carbonyl (C=O) groups excluding carboxylic acids is 2. The maximum absolute atomic E-state index is 12.2. The first-order valence-electron chi connectivity index (χ1n) is 8.66. The lowest BCUT2D eigenvalue weighted by Crippen LogP contribution is -2.38. The Bertz CT molecular complexity index is 743. The molecule has 0 atom stereocenters. The Kier molecular flexibility index (Phi) is 6.17. The second kappa shape index (κ2) is 8.75. The summed E-state index contributed by atoms with van der Waals surface area (Å²) in [6, 6.07) is 7.33. The molecular weight excluding hydrogens is 352 g/mol. The Morgan fingerprint density at radius 1 is 1.35 bits per heavy atom. The largest absolute Gasteiger partial charge is 0.497 e. The molecule has 0 aliphatic carbocycles. The molecule has 2 amide bonds. The third-order valence-corrected chi connectivity index (χ3v) is 5.09. The standard InChI is InChI=1S/C18H22N4O3S/c1-25-15-4-2-3-14(11-15)20-17(23)6-5-13-7-9-22(10-8-13)18(24)16-12-19-26-21-16/h2-4,11-13H,5-10H2,1H3,(H,20,23). The van der Waals surface area contributed by atoms with Crippen molar-refractivity contribution in [3.8, 4) is 5.75 Å². The normalized spacial score (nSPS) is 14.9. The van der Waals surface area contributed by atoms with E-state index in [-0.39, 0.29) is 11.8 Å². The average molecular weight is 374 g/mol. The number of nitrogens with zero attached hydrogens (tertiary/aromatic N) is 3. The van der Waals surface area contributed by atoms with Crippen molar-refractivity contribution in [3.05, 3.63) is 36.2 Å². The molecule has 0 bridgehead atoms. The zero-order valence-electron chi connectivity index (χ0n) is 14.7. The van der Waals surface area contributed by atoms with Gasteiger partial charge in [-0.2, -0.15) is 8.75 Å². The summed E-state index contributed by atoms with van der Waals surface area (Å²) in [6.45, 7) is 1.41. The van der Waals surface area contributed by atoms with Crippen molar-refractivity contribution in [2.75, 3.05) is 25.5 Å². The van der Waals surface area contributed by atoms with E-state index < -0.39 is 0 Å². The maximum atomic E-state index is 12.2. The number of benzene rings is 1. The fourth-order valence-electron chi connectivity index (χ4n) is 3.11. The van der Waals surface area contributed by atoms with Crippen molar-refractivity contribution < 1.29 is 14.3 Å². The van der Waals surface area contributed by atoms with Gasteiger partial charge in [0.15, 0.2) is 5.69 Å². The lowest BCUT2D eigenvalue weighted by molar-refractivity contribution is -0.116. The highest BCUT2D eigenvalue weighted by atomic mass is 32.1. The summed E-state index contributed by atoms with van der Waals surface area (Å²) in [5.74, 6) is 1.14. The summed E-state index contributed by atoms with van der Waals surface area (Å²) in [5, 5.41) is 2.90. The van der Waals surface area contributed by atoms with Crippen LogP contribution < -0.4 is 10.1 Å². The summed E-state index contributed by atoms with van der Waals surface area (Å²) >= 11 is 1.05. The third-order valence-electron chi connectivity index (χ3n) is 4.62. The number of piperidine rings is 1. The van der Waals surface area contributed by atoms with Crippen LogP contribution in [0.15, 0.2) is 30.5 Å². The van der Waals surface area contributed by atoms with Crippen molar-refractivity contribution in [2.45, 2.75) is 25.7 Å². The lowest BCUT2D eigenvalue weighted by atomic mass is 9.92. The molecule has 7 nitrogen and oxygen atoms in total. The first-order valence-corrected chi connectivity index (χ1v) is 9.39. The summed E-state index contributed by atoms with van der Waals surface area (Å²) in [7, 11) is 1.60. The van der Waals surface area contributed by atoms with E-state index in [1.807, 2.05) is 23.1 Å². The number of nitrogens with one attached hydrogen (secondary N) is 1. The van der Waals surface area contributed by atoms with Gasteiger partial charge in [0.25, 0.3) is 5.91 Å². The molecule has 0 radical (unpaired) electrons.